The van der Waals surface area contributed by atoms with Crippen molar-refractivity contribution in [3.05, 3.63) is 29.8 Å². The highest BCUT2D eigenvalue weighted by molar-refractivity contribution is 7.92. The highest BCUT2D eigenvalue weighted by Crippen LogP contribution is 2.15. The average Bonchev–Trinajstić information content (AvgIpc) is 2.51. The van der Waals surface area contributed by atoms with E-state index in [0.717, 1.165) is 0 Å². The minimum absolute atomic E-state index is 0.0754. The highest BCUT2D eigenvalue weighted by Gasteiger charge is 2.23. The first-order valence-corrected chi connectivity index (χ1v) is 9.16. The van der Waals surface area contributed by atoms with Crippen molar-refractivity contribution in [2.24, 2.45) is 0 Å². The molecule has 1 aromatic rings. The Balaban J connectivity index is 3.03. The van der Waals surface area contributed by atoms with E-state index in [4.69, 9.17) is 5.11 Å². The van der Waals surface area contributed by atoms with Crippen LogP contribution in [0.15, 0.2) is 29.2 Å². The van der Waals surface area contributed by atoms with Crippen LogP contribution in [0.3, 0.4) is 0 Å². The Morgan fingerprint density at radius 2 is 1.60 bits per heavy atom. The summed E-state index contributed by atoms with van der Waals surface area (Å²) in [4.78, 5) is 37.2. The predicted molar refractivity (Wildman–Crippen MR) is 91.0 cm³/mol. The summed E-state index contributed by atoms with van der Waals surface area (Å²) >= 11 is 0. The van der Waals surface area contributed by atoms with Crippen LogP contribution in [0.25, 0.3) is 0 Å². The molecule has 1 rings (SSSR count). The fourth-order valence-electron chi connectivity index (χ4n) is 1.98. The number of carbonyl (C=O) groups is 3. The molecule has 0 heterocycles. The lowest BCUT2D eigenvalue weighted by molar-refractivity contribution is -0.138. The van der Waals surface area contributed by atoms with E-state index in [9.17, 15) is 22.8 Å². The molecule has 0 atom stereocenters. The molecule has 9 heteroatoms. The molecule has 8 nitrogen and oxygen atoms in total. The van der Waals surface area contributed by atoms with E-state index < -0.39 is 39.9 Å². The van der Waals surface area contributed by atoms with Crippen molar-refractivity contribution >= 4 is 27.6 Å². The summed E-state index contributed by atoms with van der Waals surface area (Å²) in [6, 6.07) is 4.78. The quantitative estimate of drug-likeness (QED) is 0.747. The molecule has 1 N–H and O–H groups in total. The van der Waals surface area contributed by atoms with Crippen LogP contribution in [0.1, 0.15) is 24.2 Å². The Kier molecular flexibility index (Phi) is 6.69. The number of hydrogen-bond donors (Lipinski definition) is 1. The third-order valence-corrected chi connectivity index (χ3v) is 5.08. The molecule has 0 aliphatic rings. The molecule has 0 unspecified atom stereocenters. The molecular weight excluding hydrogens is 348 g/mol. The fraction of sp³-hybridized carbons (Fsp3) is 0.438. The molecule has 0 aliphatic carbocycles. The van der Waals surface area contributed by atoms with Crippen molar-refractivity contribution in [2.75, 3.05) is 26.4 Å². The third kappa shape index (κ3) is 5.56. The van der Waals surface area contributed by atoms with Crippen LogP contribution in [-0.2, 0) is 19.4 Å². The fourth-order valence-corrected chi connectivity index (χ4v) is 3.28. The van der Waals surface area contributed by atoms with Crippen molar-refractivity contribution in [2.45, 2.75) is 24.8 Å². The van der Waals surface area contributed by atoms with Crippen LogP contribution in [0.4, 0.5) is 0 Å². The van der Waals surface area contributed by atoms with Crippen LogP contribution in [-0.4, -0.2) is 73.5 Å². The third-order valence-electron chi connectivity index (χ3n) is 3.46. The molecule has 0 saturated carbocycles. The number of carboxylic acid groups (broad SMARTS) is 1. The number of aliphatic carboxylic acids is 1. The van der Waals surface area contributed by atoms with E-state index >= 15 is 0 Å². The Morgan fingerprint density at radius 3 is 2.00 bits per heavy atom. The summed E-state index contributed by atoms with van der Waals surface area (Å²) in [5.74, 6) is -2.86. The molecule has 0 bridgehead atoms. The van der Waals surface area contributed by atoms with E-state index in [1.165, 1.54) is 48.2 Å². The second kappa shape index (κ2) is 8.11. The van der Waals surface area contributed by atoms with Gasteiger partial charge in [0.1, 0.15) is 12.3 Å². The molecule has 25 heavy (non-hydrogen) atoms. The molecule has 138 valence electrons. The average molecular weight is 370 g/mol. The molecule has 0 radical (unpaired) electrons. The molecule has 0 aromatic heterocycles. The second-order valence-electron chi connectivity index (χ2n) is 5.99. The number of carbonyl (C=O) groups excluding carboxylic acids is 2. The van der Waals surface area contributed by atoms with Gasteiger partial charge in [0.15, 0.2) is 9.84 Å². The van der Waals surface area contributed by atoms with E-state index in [2.05, 4.69) is 0 Å². The SMILES string of the molecule is CC(C)N(CC(=O)O)C(=O)c1ccc(S(=O)(=O)CC(=O)N(C)C)cc1. The molecule has 1 aromatic carbocycles. The van der Waals surface area contributed by atoms with Gasteiger partial charge in [-0.1, -0.05) is 0 Å². The van der Waals surface area contributed by atoms with E-state index in [1.807, 2.05) is 0 Å². The number of amides is 2. The zero-order valence-corrected chi connectivity index (χ0v) is 15.4. The number of sulfone groups is 1. The van der Waals surface area contributed by atoms with Gasteiger partial charge < -0.3 is 14.9 Å². The number of rotatable bonds is 7. The van der Waals surface area contributed by atoms with Crippen LogP contribution in [0.5, 0.6) is 0 Å². The van der Waals surface area contributed by atoms with Gasteiger partial charge in [0, 0.05) is 25.7 Å². The van der Waals surface area contributed by atoms with E-state index in [1.54, 1.807) is 13.8 Å². The Morgan fingerprint density at radius 1 is 1.08 bits per heavy atom. The largest absolute Gasteiger partial charge is 0.480 e. The van der Waals surface area contributed by atoms with Crippen molar-refractivity contribution in [3.8, 4) is 0 Å². The van der Waals surface area contributed by atoms with Gasteiger partial charge in [-0.05, 0) is 38.1 Å². The van der Waals surface area contributed by atoms with Crippen molar-refractivity contribution < 1.29 is 27.9 Å². The van der Waals surface area contributed by atoms with Gasteiger partial charge in [-0.15, -0.1) is 0 Å². The summed E-state index contributed by atoms with van der Waals surface area (Å²) in [7, 11) is -0.891. The van der Waals surface area contributed by atoms with E-state index in [0.29, 0.717) is 0 Å². The lowest BCUT2D eigenvalue weighted by Crippen LogP contribution is -2.40. The zero-order valence-electron chi connectivity index (χ0n) is 14.6. The smallest absolute Gasteiger partial charge is 0.323 e. The summed E-state index contributed by atoms with van der Waals surface area (Å²) < 4.78 is 24.4. The molecule has 2 amide bonds. The van der Waals surface area contributed by atoms with Crippen LogP contribution in [0.2, 0.25) is 0 Å². The summed E-state index contributed by atoms with van der Waals surface area (Å²) in [6.45, 7) is 2.92. The summed E-state index contributed by atoms with van der Waals surface area (Å²) in [5.41, 5.74) is 0.174. The monoisotopic (exact) mass is 370 g/mol. The Hall–Kier alpha value is -2.42. The van der Waals surface area contributed by atoms with Crippen molar-refractivity contribution in [3.63, 3.8) is 0 Å². The molecule has 0 spiro atoms. The van der Waals surface area contributed by atoms with Gasteiger partial charge in [0.25, 0.3) is 5.91 Å². The maximum Gasteiger partial charge on any atom is 0.323 e. The zero-order chi connectivity index (χ0) is 19.4. The van der Waals surface area contributed by atoms with Crippen LogP contribution in [0, 0.1) is 0 Å². The second-order valence-corrected chi connectivity index (χ2v) is 7.98. The van der Waals surface area contributed by atoms with Gasteiger partial charge in [0.05, 0.1) is 4.90 Å². The van der Waals surface area contributed by atoms with Gasteiger partial charge in [-0.25, -0.2) is 8.42 Å². The Labute approximate surface area is 147 Å². The lowest BCUT2D eigenvalue weighted by Gasteiger charge is -2.25. The molecule has 0 saturated heterocycles. The van der Waals surface area contributed by atoms with Gasteiger partial charge in [0.2, 0.25) is 5.91 Å². The maximum absolute atomic E-state index is 12.4. The minimum atomic E-state index is -3.81. The maximum atomic E-state index is 12.4. The van der Waals surface area contributed by atoms with Gasteiger partial charge in [-0.2, -0.15) is 0 Å². The van der Waals surface area contributed by atoms with E-state index in [-0.39, 0.29) is 16.5 Å². The molecule has 0 aliphatic heterocycles. The normalized spacial score (nSPS) is 11.2. The first-order valence-electron chi connectivity index (χ1n) is 7.51. The lowest BCUT2D eigenvalue weighted by atomic mass is 10.1. The highest BCUT2D eigenvalue weighted by atomic mass is 32.2. The van der Waals surface area contributed by atoms with Crippen LogP contribution < -0.4 is 0 Å². The summed E-state index contributed by atoms with van der Waals surface area (Å²) in [6.07, 6.45) is 0. The number of carboxylic acids is 1. The first-order chi connectivity index (χ1) is 11.5. The number of hydrogen-bond acceptors (Lipinski definition) is 5. The number of nitrogens with zero attached hydrogens (tertiary/aromatic N) is 2. The molecule has 0 fully saturated rings. The van der Waals surface area contributed by atoms with Crippen molar-refractivity contribution in [1.29, 1.82) is 0 Å². The van der Waals surface area contributed by atoms with Gasteiger partial charge in [-0.3, -0.25) is 14.4 Å². The topological polar surface area (TPSA) is 112 Å². The summed E-state index contributed by atoms with van der Waals surface area (Å²) in [5, 5.41) is 8.90. The van der Waals surface area contributed by atoms with Crippen molar-refractivity contribution in [1.82, 2.24) is 9.80 Å². The molecular formula is C16H22N2O6S. The van der Waals surface area contributed by atoms with Crippen LogP contribution >= 0.6 is 0 Å². The Bertz CT molecular complexity index is 753. The standard InChI is InChI=1S/C16H22N2O6S/c1-11(2)18(9-15(20)21)16(22)12-5-7-13(8-6-12)25(23,24)10-14(19)17(3)4/h5-8,11H,9-10H2,1-4H3,(H,20,21). The van der Waals surface area contributed by atoms with Gasteiger partial charge >= 0.3 is 5.97 Å². The predicted octanol–water partition coefficient (Wildman–Crippen LogP) is 0.484. The number of benzene rings is 1. The first kappa shape index (κ1) is 20.6. The minimum Gasteiger partial charge on any atom is -0.480 e.